The van der Waals surface area contributed by atoms with Gasteiger partial charge in [-0.25, -0.2) is 0 Å². The molecule has 6 nitrogen and oxygen atoms in total. The standard InChI is InChI=1S/C25H35N3O3/c1-19-12-23(20(2)28(19)10-11-30-4)24(29)27-17-25(18-27)13-22(26(3)16-25)15-31-14-21-8-6-5-7-9-21/h5-9,12,22H,10-11,13-18H2,1-4H3. The van der Waals surface area contributed by atoms with Crippen LogP contribution in [-0.4, -0.2) is 73.3 Å². The third-order valence-corrected chi connectivity index (χ3v) is 6.96. The number of ether oxygens (including phenoxy) is 2. The second-order valence-electron chi connectivity index (χ2n) is 9.36. The maximum absolute atomic E-state index is 13.2. The van der Waals surface area contributed by atoms with Crippen LogP contribution in [0.15, 0.2) is 36.4 Å². The summed E-state index contributed by atoms with van der Waals surface area (Å²) in [6.07, 6.45) is 1.09. The molecule has 1 unspecified atom stereocenters. The third-order valence-electron chi connectivity index (χ3n) is 6.96. The lowest BCUT2D eigenvalue weighted by Gasteiger charge is -2.48. The van der Waals surface area contributed by atoms with E-state index in [1.165, 1.54) is 5.56 Å². The molecule has 0 N–H and O–H groups in total. The SMILES string of the molecule is COCCn1c(C)cc(C(=O)N2CC3(CC(COCc4ccccc4)N(C)C3)C2)c1C. The number of rotatable bonds is 8. The van der Waals surface area contributed by atoms with Crippen LogP contribution in [0.25, 0.3) is 0 Å². The fraction of sp³-hybridized carbons (Fsp3) is 0.560. The van der Waals surface area contributed by atoms with E-state index in [2.05, 4.69) is 35.6 Å². The minimum atomic E-state index is 0.161. The van der Waals surface area contributed by atoms with Gasteiger partial charge < -0.3 is 23.8 Å². The van der Waals surface area contributed by atoms with Crippen molar-refractivity contribution < 1.29 is 14.3 Å². The largest absolute Gasteiger partial charge is 0.383 e. The smallest absolute Gasteiger partial charge is 0.255 e. The number of carbonyl (C=O) groups is 1. The van der Waals surface area contributed by atoms with E-state index in [1.807, 2.05) is 36.1 Å². The van der Waals surface area contributed by atoms with Crippen molar-refractivity contribution >= 4 is 5.91 Å². The summed E-state index contributed by atoms with van der Waals surface area (Å²) >= 11 is 0. The zero-order chi connectivity index (χ0) is 22.0. The Morgan fingerprint density at radius 2 is 1.90 bits per heavy atom. The minimum Gasteiger partial charge on any atom is -0.383 e. The van der Waals surface area contributed by atoms with E-state index in [4.69, 9.17) is 9.47 Å². The Bertz CT molecular complexity index is 902. The lowest BCUT2D eigenvalue weighted by Crippen LogP contribution is -2.59. The molecule has 4 rings (SSSR count). The highest BCUT2D eigenvalue weighted by atomic mass is 16.5. The molecule has 2 saturated heterocycles. The van der Waals surface area contributed by atoms with Crippen LogP contribution in [-0.2, 0) is 22.6 Å². The summed E-state index contributed by atoms with van der Waals surface area (Å²) in [4.78, 5) is 17.6. The number of carbonyl (C=O) groups excluding carboxylic acids is 1. The first kappa shape index (κ1) is 22.1. The Morgan fingerprint density at radius 3 is 2.61 bits per heavy atom. The first-order valence-corrected chi connectivity index (χ1v) is 11.2. The first-order chi connectivity index (χ1) is 14.9. The van der Waals surface area contributed by atoms with E-state index in [0.717, 1.165) is 56.2 Å². The summed E-state index contributed by atoms with van der Waals surface area (Å²) < 4.78 is 13.4. The molecule has 0 saturated carbocycles. The van der Waals surface area contributed by atoms with Crippen LogP contribution in [0, 0.1) is 19.3 Å². The average molecular weight is 426 g/mol. The molecule has 0 aliphatic carbocycles. The van der Waals surface area contributed by atoms with Crippen molar-refractivity contribution in [1.82, 2.24) is 14.4 Å². The summed E-state index contributed by atoms with van der Waals surface area (Å²) in [5, 5.41) is 0. The fourth-order valence-electron chi connectivity index (χ4n) is 5.30. The van der Waals surface area contributed by atoms with Crippen molar-refractivity contribution in [3.05, 3.63) is 58.9 Å². The zero-order valence-corrected chi connectivity index (χ0v) is 19.3. The van der Waals surface area contributed by atoms with Crippen LogP contribution >= 0.6 is 0 Å². The van der Waals surface area contributed by atoms with E-state index in [1.54, 1.807) is 7.11 Å². The van der Waals surface area contributed by atoms with Crippen LogP contribution in [0.1, 0.15) is 33.7 Å². The van der Waals surface area contributed by atoms with Gasteiger partial charge in [0, 0.05) is 56.1 Å². The van der Waals surface area contributed by atoms with Gasteiger partial charge in [-0.2, -0.15) is 0 Å². The molecule has 2 aliphatic rings. The van der Waals surface area contributed by atoms with Crippen molar-refractivity contribution in [3.63, 3.8) is 0 Å². The number of methoxy groups -OCH3 is 1. The number of aromatic nitrogens is 1. The zero-order valence-electron chi connectivity index (χ0n) is 19.3. The Hall–Kier alpha value is -2.15. The Balaban J connectivity index is 1.30. The Kier molecular flexibility index (Phi) is 6.51. The lowest BCUT2D eigenvalue weighted by atomic mass is 9.77. The summed E-state index contributed by atoms with van der Waals surface area (Å²) in [7, 11) is 3.89. The summed E-state index contributed by atoms with van der Waals surface area (Å²) in [6, 6.07) is 12.8. The molecule has 0 radical (unpaired) electrons. The molecule has 2 aromatic rings. The maximum Gasteiger partial charge on any atom is 0.255 e. The molecule has 0 bridgehead atoms. The molecule has 168 valence electrons. The van der Waals surface area contributed by atoms with E-state index >= 15 is 0 Å². The molecule has 31 heavy (non-hydrogen) atoms. The van der Waals surface area contributed by atoms with Crippen LogP contribution in [0.2, 0.25) is 0 Å². The number of likely N-dealkylation sites (tertiary alicyclic amines) is 2. The number of likely N-dealkylation sites (N-methyl/N-ethyl adjacent to an activating group) is 1. The number of amides is 1. The highest BCUT2D eigenvalue weighted by Gasteiger charge is 2.52. The van der Waals surface area contributed by atoms with Gasteiger partial charge >= 0.3 is 0 Å². The number of hydrogen-bond acceptors (Lipinski definition) is 4. The Morgan fingerprint density at radius 1 is 1.16 bits per heavy atom. The second-order valence-corrected chi connectivity index (χ2v) is 9.36. The normalized spacial score (nSPS) is 20.4. The lowest BCUT2D eigenvalue weighted by molar-refractivity contribution is 0.0108. The van der Waals surface area contributed by atoms with Crippen LogP contribution in [0.5, 0.6) is 0 Å². The van der Waals surface area contributed by atoms with Gasteiger partial charge in [0.25, 0.3) is 5.91 Å². The van der Waals surface area contributed by atoms with Crippen molar-refractivity contribution in [2.45, 2.75) is 39.5 Å². The van der Waals surface area contributed by atoms with Gasteiger partial charge in [-0.3, -0.25) is 4.79 Å². The van der Waals surface area contributed by atoms with E-state index in [0.29, 0.717) is 19.3 Å². The molecule has 3 heterocycles. The van der Waals surface area contributed by atoms with E-state index < -0.39 is 0 Å². The van der Waals surface area contributed by atoms with Crippen molar-refractivity contribution in [3.8, 4) is 0 Å². The molecule has 1 aromatic carbocycles. The van der Waals surface area contributed by atoms with E-state index in [9.17, 15) is 4.79 Å². The van der Waals surface area contributed by atoms with Crippen molar-refractivity contribution in [2.24, 2.45) is 5.41 Å². The summed E-state index contributed by atoms with van der Waals surface area (Å²) in [5.41, 5.74) is 4.41. The summed E-state index contributed by atoms with van der Waals surface area (Å²) in [5.74, 6) is 0.161. The highest BCUT2D eigenvalue weighted by molar-refractivity contribution is 5.96. The minimum absolute atomic E-state index is 0.161. The van der Waals surface area contributed by atoms with Crippen LogP contribution in [0.4, 0.5) is 0 Å². The fourth-order valence-corrected chi connectivity index (χ4v) is 5.30. The van der Waals surface area contributed by atoms with Gasteiger partial charge in [-0.1, -0.05) is 30.3 Å². The molecule has 1 atom stereocenters. The predicted octanol–water partition coefficient (Wildman–Crippen LogP) is 3.11. The van der Waals surface area contributed by atoms with Gasteiger partial charge in [0.05, 0.1) is 25.4 Å². The maximum atomic E-state index is 13.2. The molecular weight excluding hydrogens is 390 g/mol. The highest BCUT2D eigenvalue weighted by Crippen LogP contribution is 2.42. The number of hydrogen-bond donors (Lipinski definition) is 0. The van der Waals surface area contributed by atoms with Crippen molar-refractivity contribution in [1.29, 1.82) is 0 Å². The van der Waals surface area contributed by atoms with Gasteiger partial charge in [0.2, 0.25) is 0 Å². The first-order valence-electron chi connectivity index (χ1n) is 11.2. The molecule has 1 aromatic heterocycles. The third kappa shape index (κ3) is 4.56. The number of benzene rings is 1. The van der Waals surface area contributed by atoms with Gasteiger partial charge in [-0.05, 0) is 38.9 Å². The van der Waals surface area contributed by atoms with Crippen LogP contribution < -0.4 is 0 Å². The van der Waals surface area contributed by atoms with Gasteiger partial charge in [0.15, 0.2) is 0 Å². The number of aryl methyl sites for hydroxylation is 1. The quantitative estimate of drug-likeness (QED) is 0.652. The predicted molar refractivity (Wildman–Crippen MR) is 121 cm³/mol. The second kappa shape index (κ2) is 9.15. The molecule has 1 amide bonds. The average Bonchev–Trinajstić information content (AvgIpc) is 3.22. The summed E-state index contributed by atoms with van der Waals surface area (Å²) in [6.45, 7) is 9.63. The molecule has 2 aliphatic heterocycles. The monoisotopic (exact) mass is 425 g/mol. The van der Waals surface area contributed by atoms with Gasteiger partial charge in [-0.15, -0.1) is 0 Å². The number of nitrogens with zero attached hydrogens (tertiary/aromatic N) is 3. The van der Waals surface area contributed by atoms with E-state index in [-0.39, 0.29) is 11.3 Å². The van der Waals surface area contributed by atoms with Gasteiger partial charge in [0.1, 0.15) is 0 Å². The van der Waals surface area contributed by atoms with Crippen LogP contribution in [0.3, 0.4) is 0 Å². The van der Waals surface area contributed by atoms with Crippen molar-refractivity contribution in [2.75, 3.05) is 47.0 Å². The molecule has 6 heteroatoms. The topological polar surface area (TPSA) is 46.9 Å². The Labute approximate surface area is 185 Å². The molecular formula is C25H35N3O3. The molecule has 1 spiro atoms. The molecule has 2 fully saturated rings.